The van der Waals surface area contributed by atoms with Crippen molar-refractivity contribution in [2.75, 3.05) is 0 Å². The topological polar surface area (TPSA) is 63.1 Å². The first-order valence-corrected chi connectivity index (χ1v) is 5.33. The molecule has 0 bridgehead atoms. The van der Waals surface area contributed by atoms with Crippen LogP contribution in [0.15, 0.2) is 36.5 Å². The zero-order valence-electron chi connectivity index (χ0n) is 8.80. The van der Waals surface area contributed by atoms with Crippen LogP contribution in [0.25, 0.3) is 11.3 Å². The molecule has 0 aliphatic carbocycles. The molecule has 0 aliphatic rings. The summed E-state index contributed by atoms with van der Waals surface area (Å²) in [7, 11) is 0. The Kier molecular flexibility index (Phi) is 3.35. The summed E-state index contributed by atoms with van der Waals surface area (Å²) in [4.78, 5) is 10.8. The van der Waals surface area contributed by atoms with E-state index in [1.807, 2.05) is 6.07 Å². The molecule has 0 radical (unpaired) electrons. The number of hydrogen-bond donors (Lipinski definition) is 1. The highest BCUT2D eigenvalue weighted by molar-refractivity contribution is 6.33. The van der Waals surface area contributed by atoms with Crippen LogP contribution in [-0.2, 0) is 11.2 Å². The van der Waals surface area contributed by atoms with Crippen molar-refractivity contribution in [2.45, 2.75) is 6.42 Å². The van der Waals surface area contributed by atoms with Crippen molar-refractivity contribution < 1.29 is 9.90 Å². The molecule has 1 heterocycles. The standard InChI is InChI=1S/C12H9ClN2O2/c13-10-4-2-1-3-9(10)12-8(7-11(16)17)5-6-14-15-12/h1-6H,7H2,(H,16,17). The Morgan fingerprint density at radius 3 is 2.76 bits per heavy atom. The Bertz CT molecular complexity index is 558. The predicted molar refractivity (Wildman–Crippen MR) is 63.8 cm³/mol. The van der Waals surface area contributed by atoms with E-state index < -0.39 is 5.97 Å². The van der Waals surface area contributed by atoms with E-state index in [9.17, 15) is 4.79 Å². The lowest BCUT2D eigenvalue weighted by molar-refractivity contribution is -0.136. The van der Waals surface area contributed by atoms with E-state index in [1.54, 1.807) is 24.3 Å². The molecule has 0 saturated heterocycles. The van der Waals surface area contributed by atoms with Gasteiger partial charge in [0, 0.05) is 11.8 Å². The maximum atomic E-state index is 10.8. The number of carbonyl (C=O) groups is 1. The molecule has 1 N–H and O–H groups in total. The predicted octanol–water partition coefficient (Wildman–Crippen LogP) is 2.42. The fourth-order valence-electron chi connectivity index (χ4n) is 1.54. The lowest BCUT2D eigenvalue weighted by Crippen LogP contribution is -2.04. The van der Waals surface area contributed by atoms with Crippen LogP contribution in [0.2, 0.25) is 5.02 Å². The van der Waals surface area contributed by atoms with Crippen LogP contribution in [-0.4, -0.2) is 21.3 Å². The molecule has 1 aromatic heterocycles. The van der Waals surface area contributed by atoms with Gasteiger partial charge in [-0.1, -0.05) is 29.8 Å². The molecule has 0 aliphatic heterocycles. The second kappa shape index (κ2) is 4.93. The molecule has 4 nitrogen and oxygen atoms in total. The summed E-state index contributed by atoms with van der Waals surface area (Å²) in [5.74, 6) is -0.911. The van der Waals surface area contributed by atoms with E-state index in [-0.39, 0.29) is 6.42 Å². The molecular weight excluding hydrogens is 240 g/mol. The number of carboxylic acids is 1. The van der Waals surface area contributed by atoms with Gasteiger partial charge in [-0.05, 0) is 17.7 Å². The summed E-state index contributed by atoms with van der Waals surface area (Å²) in [5.41, 5.74) is 1.81. The molecule has 17 heavy (non-hydrogen) atoms. The zero-order chi connectivity index (χ0) is 12.3. The van der Waals surface area contributed by atoms with E-state index in [0.29, 0.717) is 21.8 Å². The number of benzene rings is 1. The average Bonchev–Trinajstić information content (AvgIpc) is 2.30. The van der Waals surface area contributed by atoms with Crippen LogP contribution in [0.5, 0.6) is 0 Å². The van der Waals surface area contributed by atoms with Crippen molar-refractivity contribution in [1.82, 2.24) is 10.2 Å². The van der Waals surface area contributed by atoms with Gasteiger partial charge in [0.25, 0.3) is 0 Å². The minimum atomic E-state index is -0.911. The van der Waals surface area contributed by atoms with Gasteiger partial charge in [-0.2, -0.15) is 10.2 Å². The van der Waals surface area contributed by atoms with Crippen LogP contribution >= 0.6 is 11.6 Å². The van der Waals surface area contributed by atoms with Crippen molar-refractivity contribution in [3.63, 3.8) is 0 Å². The van der Waals surface area contributed by atoms with Gasteiger partial charge in [0.2, 0.25) is 0 Å². The van der Waals surface area contributed by atoms with E-state index in [1.165, 1.54) is 6.20 Å². The molecule has 2 aromatic rings. The summed E-state index contributed by atoms with van der Waals surface area (Å²) < 4.78 is 0. The third kappa shape index (κ3) is 2.60. The molecule has 2 rings (SSSR count). The second-order valence-electron chi connectivity index (χ2n) is 3.46. The number of hydrogen-bond acceptors (Lipinski definition) is 3. The van der Waals surface area contributed by atoms with E-state index in [4.69, 9.17) is 16.7 Å². The van der Waals surface area contributed by atoms with Gasteiger partial charge in [-0.25, -0.2) is 0 Å². The molecule has 0 amide bonds. The Morgan fingerprint density at radius 1 is 1.29 bits per heavy atom. The SMILES string of the molecule is O=C(O)Cc1ccnnc1-c1ccccc1Cl. The minimum Gasteiger partial charge on any atom is -0.481 e. The van der Waals surface area contributed by atoms with Gasteiger partial charge in [-0.15, -0.1) is 0 Å². The van der Waals surface area contributed by atoms with Crippen molar-refractivity contribution in [1.29, 1.82) is 0 Å². The highest BCUT2D eigenvalue weighted by Crippen LogP contribution is 2.28. The molecule has 0 spiro atoms. The number of aromatic nitrogens is 2. The Hall–Kier alpha value is -1.94. The fraction of sp³-hybridized carbons (Fsp3) is 0.0833. The second-order valence-corrected chi connectivity index (χ2v) is 3.86. The normalized spacial score (nSPS) is 10.2. The number of halogens is 1. The quantitative estimate of drug-likeness (QED) is 0.906. The largest absolute Gasteiger partial charge is 0.481 e. The molecule has 0 atom stereocenters. The van der Waals surface area contributed by atoms with Gasteiger partial charge < -0.3 is 5.11 Å². The fourth-order valence-corrected chi connectivity index (χ4v) is 1.77. The molecule has 86 valence electrons. The molecule has 0 unspecified atom stereocenters. The molecule has 5 heteroatoms. The number of carboxylic acid groups (broad SMARTS) is 1. The maximum Gasteiger partial charge on any atom is 0.307 e. The van der Waals surface area contributed by atoms with Crippen molar-refractivity contribution in [3.8, 4) is 11.3 Å². The van der Waals surface area contributed by atoms with Gasteiger partial charge in [0.1, 0.15) is 0 Å². The monoisotopic (exact) mass is 248 g/mol. The Morgan fingerprint density at radius 2 is 2.06 bits per heavy atom. The van der Waals surface area contributed by atoms with Crippen molar-refractivity contribution in [2.24, 2.45) is 0 Å². The van der Waals surface area contributed by atoms with E-state index in [2.05, 4.69) is 10.2 Å². The van der Waals surface area contributed by atoms with Crippen LogP contribution in [0.3, 0.4) is 0 Å². The highest BCUT2D eigenvalue weighted by atomic mass is 35.5. The molecular formula is C12H9ClN2O2. The Balaban J connectivity index is 2.52. The number of aliphatic carboxylic acids is 1. The molecule has 0 fully saturated rings. The van der Waals surface area contributed by atoms with Gasteiger partial charge in [0.05, 0.1) is 17.1 Å². The lowest BCUT2D eigenvalue weighted by Gasteiger charge is -2.06. The zero-order valence-corrected chi connectivity index (χ0v) is 9.55. The first kappa shape index (κ1) is 11.5. The van der Waals surface area contributed by atoms with E-state index in [0.717, 1.165) is 0 Å². The maximum absolute atomic E-state index is 10.8. The minimum absolute atomic E-state index is 0.101. The van der Waals surface area contributed by atoms with Crippen LogP contribution in [0, 0.1) is 0 Å². The third-order valence-corrected chi connectivity index (χ3v) is 2.60. The highest BCUT2D eigenvalue weighted by Gasteiger charge is 2.12. The van der Waals surface area contributed by atoms with E-state index >= 15 is 0 Å². The molecule has 1 aromatic carbocycles. The summed E-state index contributed by atoms with van der Waals surface area (Å²) in [5, 5.41) is 17.1. The summed E-state index contributed by atoms with van der Waals surface area (Å²) in [6.07, 6.45) is 1.37. The summed E-state index contributed by atoms with van der Waals surface area (Å²) >= 11 is 6.05. The van der Waals surface area contributed by atoms with Crippen LogP contribution in [0.1, 0.15) is 5.56 Å². The van der Waals surface area contributed by atoms with Crippen molar-refractivity contribution in [3.05, 3.63) is 47.1 Å². The van der Waals surface area contributed by atoms with Crippen molar-refractivity contribution >= 4 is 17.6 Å². The van der Waals surface area contributed by atoms with Crippen LogP contribution in [0.4, 0.5) is 0 Å². The van der Waals surface area contributed by atoms with Crippen LogP contribution < -0.4 is 0 Å². The number of nitrogens with zero attached hydrogens (tertiary/aromatic N) is 2. The average molecular weight is 249 g/mol. The first-order chi connectivity index (χ1) is 8.18. The van der Waals surface area contributed by atoms with Gasteiger partial charge in [0.15, 0.2) is 0 Å². The smallest absolute Gasteiger partial charge is 0.307 e. The summed E-state index contributed by atoms with van der Waals surface area (Å²) in [6, 6.07) is 8.78. The lowest BCUT2D eigenvalue weighted by atomic mass is 10.0. The first-order valence-electron chi connectivity index (χ1n) is 4.95. The summed E-state index contributed by atoms with van der Waals surface area (Å²) in [6.45, 7) is 0. The van der Waals surface area contributed by atoms with Gasteiger partial charge in [-0.3, -0.25) is 4.79 Å². The Labute approximate surface area is 103 Å². The van der Waals surface area contributed by atoms with Gasteiger partial charge >= 0.3 is 5.97 Å². The number of rotatable bonds is 3. The molecule has 0 saturated carbocycles. The third-order valence-electron chi connectivity index (χ3n) is 2.27.